The first-order valence-electron chi connectivity index (χ1n) is 7.79. The van der Waals surface area contributed by atoms with Gasteiger partial charge in [0.1, 0.15) is 6.61 Å². The molecule has 2 aromatic rings. The third-order valence-electron chi connectivity index (χ3n) is 3.18. The van der Waals surface area contributed by atoms with Gasteiger partial charge in [-0.25, -0.2) is 4.79 Å². The normalized spacial score (nSPS) is 11.1. The number of hydrogen-bond acceptors (Lipinski definition) is 7. The summed E-state index contributed by atoms with van der Waals surface area (Å²) < 4.78 is 38.4. The lowest BCUT2D eigenvalue weighted by molar-refractivity contribution is -0.139. The molecule has 0 heterocycles. The standard InChI is InChI=1S/C18H18O7S/c19-17(15-7-3-1-4-8-15)18(20)24-13-11-23-12-14-25-26(21,22)16-9-5-2-6-10-16/h1-10H,11-14H2. The second kappa shape index (κ2) is 9.81. The minimum atomic E-state index is -3.82. The number of carbonyl (C=O) groups excluding carboxylic acids is 2. The van der Waals surface area contributed by atoms with Gasteiger partial charge in [0, 0.05) is 5.56 Å². The predicted molar refractivity (Wildman–Crippen MR) is 92.1 cm³/mol. The highest BCUT2D eigenvalue weighted by atomic mass is 32.2. The molecule has 7 nitrogen and oxygen atoms in total. The van der Waals surface area contributed by atoms with Crippen molar-refractivity contribution in [1.82, 2.24) is 0 Å². The largest absolute Gasteiger partial charge is 0.457 e. The summed E-state index contributed by atoms with van der Waals surface area (Å²) in [7, 11) is -3.82. The Morgan fingerprint density at radius 3 is 2.00 bits per heavy atom. The van der Waals surface area contributed by atoms with Gasteiger partial charge in [0.05, 0.1) is 24.7 Å². The molecule has 0 aliphatic carbocycles. The summed E-state index contributed by atoms with van der Waals surface area (Å²) in [6.45, 7) is -0.282. The molecule has 0 spiro atoms. The fourth-order valence-corrected chi connectivity index (χ4v) is 2.84. The molecule has 0 bridgehead atoms. The Morgan fingerprint density at radius 1 is 0.769 bits per heavy atom. The highest BCUT2D eigenvalue weighted by Crippen LogP contribution is 2.10. The summed E-state index contributed by atoms with van der Waals surface area (Å²) in [6.07, 6.45) is 0. The van der Waals surface area contributed by atoms with E-state index in [4.69, 9.17) is 13.7 Å². The summed E-state index contributed by atoms with van der Waals surface area (Å²) in [5, 5.41) is 0. The van der Waals surface area contributed by atoms with E-state index in [0.29, 0.717) is 0 Å². The molecule has 0 radical (unpaired) electrons. The Bertz CT molecular complexity index is 817. The lowest BCUT2D eigenvalue weighted by Crippen LogP contribution is -2.20. The van der Waals surface area contributed by atoms with Crippen LogP contribution in [0.1, 0.15) is 10.4 Å². The molecule has 0 unspecified atom stereocenters. The number of ketones is 1. The van der Waals surface area contributed by atoms with Crippen LogP contribution in [0.5, 0.6) is 0 Å². The molecular weight excluding hydrogens is 360 g/mol. The summed E-state index contributed by atoms with van der Waals surface area (Å²) >= 11 is 0. The Kier molecular flexibility index (Phi) is 7.46. The zero-order chi connectivity index (χ0) is 18.8. The molecule has 0 saturated carbocycles. The third-order valence-corrected chi connectivity index (χ3v) is 4.51. The van der Waals surface area contributed by atoms with Crippen LogP contribution in [0.3, 0.4) is 0 Å². The van der Waals surface area contributed by atoms with Crippen molar-refractivity contribution in [3.63, 3.8) is 0 Å². The molecule has 0 aliphatic heterocycles. The first-order chi connectivity index (χ1) is 12.5. The van der Waals surface area contributed by atoms with Crippen molar-refractivity contribution in [2.45, 2.75) is 4.90 Å². The van der Waals surface area contributed by atoms with Gasteiger partial charge in [-0.3, -0.25) is 8.98 Å². The smallest absolute Gasteiger partial charge is 0.379 e. The van der Waals surface area contributed by atoms with Gasteiger partial charge in [0.2, 0.25) is 0 Å². The molecule has 0 amide bonds. The average Bonchev–Trinajstić information content (AvgIpc) is 2.67. The van der Waals surface area contributed by atoms with Gasteiger partial charge in [-0.2, -0.15) is 8.42 Å². The van der Waals surface area contributed by atoms with Gasteiger partial charge in [-0.15, -0.1) is 0 Å². The van der Waals surface area contributed by atoms with Gasteiger partial charge in [-0.1, -0.05) is 48.5 Å². The van der Waals surface area contributed by atoms with E-state index < -0.39 is 21.9 Å². The van der Waals surface area contributed by atoms with Crippen LogP contribution in [-0.2, 0) is 28.6 Å². The van der Waals surface area contributed by atoms with Crippen molar-refractivity contribution >= 4 is 21.9 Å². The fourth-order valence-electron chi connectivity index (χ4n) is 1.93. The Hall–Kier alpha value is -2.55. The molecular formula is C18H18O7S. The Morgan fingerprint density at radius 2 is 1.35 bits per heavy atom. The molecule has 8 heteroatoms. The number of rotatable bonds is 10. The van der Waals surface area contributed by atoms with Crippen molar-refractivity contribution in [1.29, 1.82) is 0 Å². The van der Waals surface area contributed by atoms with Crippen LogP contribution in [0.25, 0.3) is 0 Å². The number of benzene rings is 2. The van der Waals surface area contributed by atoms with Crippen LogP contribution in [-0.4, -0.2) is 46.6 Å². The van der Waals surface area contributed by atoms with E-state index in [-0.39, 0.29) is 36.9 Å². The van der Waals surface area contributed by atoms with E-state index in [2.05, 4.69) is 0 Å². The van der Waals surface area contributed by atoms with E-state index in [1.807, 2.05) is 0 Å². The highest BCUT2D eigenvalue weighted by Gasteiger charge is 2.17. The number of Topliss-reactive ketones (excluding diaryl/α,β-unsaturated/α-hetero) is 1. The molecule has 0 aliphatic rings. The molecule has 26 heavy (non-hydrogen) atoms. The fraction of sp³-hybridized carbons (Fsp3) is 0.222. The SMILES string of the molecule is O=C(OCCOCCOS(=O)(=O)c1ccccc1)C(=O)c1ccccc1. The second-order valence-corrected chi connectivity index (χ2v) is 6.65. The molecule has 138 valence electrons. The van der Waals surface area contributed by atoms with Gasteiger partial charge in [0.15, 0.2) is 0 Å². The van der Waals surface area contributed by atoms with Crippen molar-refractivity contribution < 1.29 is 31.7 Å². The minimum absolute atomic E-state index is 0.00372. The number of carbonyl (C=O) groups is 2. The maximum Gasteiger partial charge on any atom is 0.379 e. The van der Waals surface area contributed by atoms with Crippen LogP contribution >= 0.6 is 0 Å². The predicted octanol–water partition coefficient (Wildman–Crippen LogP) is 1.83. The molecule has 0 N–H and O–H groups in total. The Labute approximate surface area is 151 Å². The first-order valence-corrected chi connectivity index (χ1v) is 9.20. The lowest BCUT2D eigenvalue weighted by Gasteiger charge is -2.07. The van der Waals surface area contributed by atoms with Gasteiger partial charge >= 0.3 is 5.97 Å². The van der Waals surface area contributed by atoms with E-state index in [1.54, 1.807) is 36.4 Å². The molecule has 0 aromatic heterocycles. The first kappa shape index (κ1) is 19.8. The molecule has 2 rings (SSSR count). The monoisotopic (exact) mass is 378 g/mol. The van der Waals surface area contributed by atoms with E-state index in [0.717, 1.165) is 0 Å². The van der Waals surface area contributed by atoms with E-state index >= 15 is 0 Å². The number of esters is 1. The van der Waals surface area contributed by atoms with Gasteiger partial charge < -0.3 is 9.47 Å². The van der Waals surface area contributed by atoms with E-state index in [9.17, 15) is 18.0 Å². The molecule has 0 atom stereocenters. The average molecular weight is 378 g/mol. The zero-order valence-electron chi connectivity index (χ0n) is 13.9. The van der Waals surface area contributed by atoms with Crippen LogP contribution < -0.4 is 0 Å². The summed E-state index contributed by atoms with van der Waals surface area (Å²) in [6, 6.07) is 15.8. The van der Waals surface area contributed by atoms with Crippen molar-refractivity contribution in [2.24, 2.45) is 0 Å². The zero-order valence-corrected chi connectivity index (χ0v) is 14.7. The number of ether oxygens (including phenoxy) is 2. The highest BCUT2D eigenvalue weighted by molar-refractivity contribution is 7.86. The van der Waals surface area contributed by atoms with Crippen LogP contribution in [0.15, 0.2) is 65.6 Å². The molecule has 2 aromatic carbocycles. The van der Waals surface area contributed by atoms with Crippen LogP contribution in [0, 0.1) is 0 Å². The Balaban J connectivity index is 1.61. The third kappa shape index (κ3) is 6.07. The van der Waals surface area contributed by atoms with E-state index in [1.165, 1.54) is 24.3 Å². The van der Waals surface area contributed by atoms with Gasteiger partial charge in [-0.05, 0) is 12.1 Å². The summed E-state index contributed by atoms with van der Waals surface area (Å²) in [4.78, 5) is 23.4. The quantitative estimate of drug-likeness (QED) is 0.205. The van der Waals surface area contributed by atoms with Crippen molar-refractivity contribution in [2.75, 3.05) is 26.4 Å². The minimum Gasteiger partial charge on any atom is -0.457 e. The van der Waals surface area contributed by atoms with Crippen molar-refractivity contribution in [3.8, 4) is 0 Å². The summed E-state index contributed by atoms with van der Waals surface area (Å²) in [5.74, 6) is -1.70. The maximum atomic E-state index is 11.8. The maximum absolute atomic E-state index is 11.8. The topological polar surface area (TPSA) is 96.0 Å². The summed E-state index contributed by atoms with van der Waals surface area (Å²) in [5.41, 5.74) is 0.248. The molecule has 0 fully saturated rings. The number of hydrogen-bond donors (Lipinski definition) is 0. The van der Waals surface area contributed by atoms with Crippen LogP contribution in [0.4, 0.5) is 0 Å². The van der Waals surface area contributed by atoms with Crippen LogP contribution in [0.2, 0.25) is 0 Å². The van der Waals surface area contributed by atoms with Crippen molar-refractivity contribution in [3.05, 3.63) is 66.2 Å². The second-order valence-electron chi connectivity index (χ2n) is 5.03. The van der Waals surface area contributed by atoms with Gasteiger partial charge in [0.25, 0.3) is 15.9 Å². The lowest BCUT2D eigenvalue weighted by atomic mass is 10.1. The molecule has 0 saturated heterocycles.